The molecule has 0 aliphatic carbocycles. The molecule has 1 aliphatic rings. The van der Waals surface area contributed by atoms with Crippen molar-refractivity contribution in [2.75, 3.05) is 13.7 Å². The minimum atomic E-state index is -0.197. The smallest absolute Gasteiger partial charge is 0.264 e. The van der Waals surface area contributed by atoms with Crippen LogP contribution in [0.3, 0.4) is 0 Å². The maximum Gasteiger partial charge on any atom is 0.264 e. The fourth-order valence-electron chi connectivity index (χ4n) is 2.56. The number of benzene rings is 2. The van der Waals surface area contributed by atoms with Crippen LogP contribution < -0.4 is 14.8 Å². The highest BCUT2D eigenvalue weighted by atomic mass is 32.2. The van der Waals surface area contributed by atoms with Gasteiger partial charge in [0.15, 0.2) is 23.3 Å². The van der Waals surface area contributed by atoms with Crippen molar-refractivity contribution >= 4 is 34.6 Å². The lowest BCUT2D eigenvalue weighted by atomic mass is 10.2. The molecule has 6 nitrogen and oxygen atoms in total. The number of amidine groups is 1. The lowest BCUT2D eigenvalue weighted by Gasteiger charge is -2.08. The number of hydrogen-bond donors (Lipinski definition) is 1. The number of carbonyl (C=O) groups excluding carboxylic acids is 1. The van der Waals surface area contributed by atoms with E-state index in [0.29, 0.717) is 21.6 Å². The predicted octanol–water partition coefficient (Wildman–Crippen LogP) is 4.05. The van der Waals surface area contributed by atoms with E-state index in [1.54, 1.807) is 24.3 Å². The number of carbonyl (C=O) groups is 1. The molecule has 1 amide bonds. The van der Waals surface area contributed by atoms with Crippen molar-refractivity contribution in [1.82, 2.24) is 5.32 Å². The Bertz CT molecular complexity index is 975. The van der Waals surface area contributed by atoms with Gasteiger partial charge in [-0.05, 0) is 59.7 Å². The van der Waals surface area contributed by atoms with Crippen LogP contribution in [0.4, 0.5) is 5.69 Å². The molecule has 7 heteroatoms. The molecule has 0 spiro atoms. The van der Waals surface area contributed by atoms with Crippen LogP contribution in [0.2, 0.25) is 0 Å². The molecule has 1 N–H and O–H groups in total. The number of rotatable bonds is 6. The Labute approximate surface area is 167 Å². The van der Waals surface area contributed by atoms with Gasteiger partial charge >= 0.3 is 0 Å². The number of thioether (sulfide) groups is 1. The zero-order valence-corrected chi connectivity index (χ0v) is 16.4. The lowest BCUT2D eigenvalue weighted by Crippen LogP contribution is -2.19. The number of nitriles is 1. The molecular weight excluding hydrogens is 374 g/mol. The van der Waals surface area contributed by atoms with Crippen LogP contribution in [0.15, 0.2) is 52.4 Å². The second-order valence-corrected chi connectivity index (χ2v) is 6.89. The molecule has 2 aromatic rings. The third-order valence-corrected chi connectivity index (χ3v) is 4.91. The normalized spacial score (nSPS) is 16.1. The first-order valence-electron chi connectivity index (χ1n) is 8.69. The summed E-state index contributed by atoms with van der Waals surface area (Å²) in [5.74, 6) is 0.781. The number of methoxy groups -OCH3 is 1. The molecule has 1 heterocycles. The fraction of sp³-hybridized carbons (Fsp3) is 0.190. The predicted molar refractivity (Wildman–Crippen MR) is 111 cm³/mol. The number of ether oxygens (including phenoxy) is 2. The summed E-state index contributed by atoms with van der Waals surface area (Å²) in [6.07, 6.45) is 2.73. The van der Waals surface area contributed by atoms with E-state index in [0.717, 1.165) is 17.7 Å². The summed E-state index contributed by atoms with van der Waals surface area (Å²) in [5.41, 5.74) is 2.82. The highest BCUT2D eigenvalue weighted by Crippen LogP contribution is 2.32. The van der Waals surface area contributed by atoms with Crippen LogP contribution in [0, 0.1) is 11.3 Å². The topological polar surface area (TPSA) is 83.7 Å². The zero-order valence-electron chi connectivity index (χ0n) is 15.6. The summed E-state index contributed by atoms with van der Waals surface area (Å²) < 4.78 is 10.6. The van der Waals surface area contributed by atoms with Crippen LogP contribution in [0.1, 0.15) is 18.1 Å². The summed E-state index contributed by atoms with van der Waals surface area (Å²) >= 11 is 1.29. The molecular formula is C21H19N3O3S. The van der Waals surface area contributed by atoms with E-state index >= 15 is 0 Å². The van der Waals surface area contributed by atoms with Crippen LogP contribution in [0.5, 0.6) is 11.5 Å². The number of nitrogens with zero attached hydrogens (tertiary/aromatic N) is 2. The second-order valence-electron chi connectivity index (χ2n) is 5.86. The third-order valence-electron chi connectivity index (χ3n) is 4.00. The van der Waals surface area contributed by atoms with E-state index in [1.165, 1.54) is 24.4 Å². The first-order chi connectivity index (χ1) is 13.6. The zero-order chi connectivity index (χ0) is 19.9. The largest absolute Gasteiger partial charge is 0.493 e. The summed E-state index contributed by atoms with van der Waals surface area (Å²) in [5, 5.41) is 12.0. The number of hydrogen-bond acceptors (Lipinski definition) is 6. The Balaban J connectivity index is 1.78. The second kappa shape index (κ2) is 9.11. The van der Waals surface area contributed by atoms with Crippen LogP contribution >= 0.6 is 11.8 Å². The molecule has 142 valence electrons. The van der Waals surface area contributed by atoms with Gasteiger partial charge in [0, 0.05) is 0 Å². The molecule has 2 aromatic carbocycles. The molecule has 3 rings (SSSR count). The molecule has 1 saturated heterocycles. The summed E-state index contributed by atoms with van der Waals surface area (Å²) in [6, 6.07) is 15.1. The minimum Gasteiger partial charge on any atom is -0.493 e. The van der Waals surface area contributed by atoms with Gasteiger partial charge in [-0.2, -0.15) is 5.26 Å². The number of amides is 1. The van der Waals surface area contributed by atoms with E-state index < -0.39 is 0 Å². The highest BCUT2D eigenvalue weighted by Gasteiger charge is 2.24. The van der Waals surface area contributed by atoms with Crippen molar-refractivity contribution in [3.63, 3.8) is 0 Å². The molecule has 0 aromatic heterocycles. The average molecular weight is 393 g/mol. The first-order valence-corrected chi connectivity index (χ1v) is 9.51. The number of aryl methyl sites for hydroxylation is 1. The van der Waals surface area contributed by atoms with Crippen molar-refractivity contribution in [3.8, 4) is 17.6 Å². The van der Waals surface area contributed by atoms with Crippen LogP contribution in [-0.4, -0.2) is 24.8 Å². The minimum absolute atomic E-state index is 0.0614. The van der Waals surface area contributed by atoms with E-state index in [1.807, 2.05) is 30.3 Å². The molecule has 0 radical (unpaired) electrons. The van der Waals surface area contributed by atoms with E-state index in [9.17, 15) is 4.79 Å². The van der Waals surface area contributed by atoms with Crippen molar-refractivity contribution < 1.29 is 14.3 Å². The van der Waals surface area contributed by atoms with Crippen LogP contribution in [0.25, 0.3) is 6.08 Å². The number of aliphatic imine (C=N–C) groups is 1. The SMILES string of the molecule is CCc1ccc(N=C2NC(=O)/C(=C/c3ccc(OCC#N)c(OC)c3)S2)cc1. The third kappa shape index (κ3) is 4.72. The average Bonchev–Trinajstić information content (AvgIpc) is 3.06. The monoisotopic (exact) mass is 393 g/mol. The Morgan fingerprint density at radius 2 is 2.00 bits per heavy atom. The van der Waals surface area contributed by atoms with Gasteiger partial charge < -0.3 is 14.8 Å². The molecule has 0 unspecified atom stereocenters. The van der Waals surface area contributed by atoms with Gasteiger partial charge in [-0.25, -0.2) is 4.99 Å². The van der Waals surface area contributed by atoms with Gasteiger partial charge in [-0.1, -0.05) is 25.1 Å². The van der Waals surface area contributed by atoms with Gasteiger partial charge in [-0.3, -0.25) is 4.79 Å². The van der Waals surface area contributed by atoms with E-state index in [2.05, 4.69) is 17.2 Å². The van der Waals surface area contributed by atoms with Gasteiger partial charge in [0.05, 0.1) is 17.7 Å². The summed E-state index contributed by atoms with van der Waals surface area (Å²) in [6.45, 7) is 2.04. The highest BCUT2D eigenvalue weighted by molar-refractivity contribution is 8.18. The van der Waals surface area contributed by atoms with Crippen molar-refractivity contribution in [2.45, 2.75) is 13.3 Å². The van der Waals surface area contributed by atoms with E-state index in [-0.39, 0.29) is 12.5 Å². The van der Waals surface area contributed by atoms with Crippen LogP contribution in [-0.2, 0) is 11.2 Å². The maximum atomic E-state index is 12.3. The van der Waals surface area contributed by atoms with Crippen molar-refractivity contribution in [1.29, 1.82) is 5.26 Å². The Morgan fingerprint density at radius 1 is 1.21 bits per heavy atom. The van der Waals surface area contributed by atoms with Crippen molar-refractivity contribution in [2.24, 2.45) is 4.99 Å². The first kappa shape index (κ1) is 19.5. The Morgan fingerprint density at radius 3 is 2.68 bits per heavy atom. The fourth-order valence-corrected chi connectivity index (χ4v) is 3.40. The van der Waals surface area contributed by atoms with Gasteiger partial charge in [-0.15, -0.1) is 0 Å². The number of nitrogens with one attached hydrogen (secondary N) is 1. The van der Waals surface area contributed by atoms with Gasteiger partial charge in [0.2, 0.25) is 0 Å². The van der Waals surface area contributed by atoms with Crippen molar-refractivity contribution in [3.05, 3.63) is 58.5 Å². The Hall–Kier alpha value is -3.24. The standard InChI is InChI=1S/C21H19N3O3S/c1-3-14-4-7-16(8-5-14)23-21-24-20(25)19(28-21)13-15-6-9-17(27-11-10-22)18(12-15)26-2/h4-9,12-13H,3,11H2,1-2H3,(H,23,24,25)/b19-13-. The van der Waals surface area contributed by atoms with Gasteiger partial charge in [0.25, 0.3) is 5.91 Å². The lowest BCUT2D eigenvalue weighted by molar-refractivity contribution is -0.115. The molecule has 0 saturated carbocycles. The molecule has 28 heavy (non-hydrogen) atoms. The quantitative estimate of drug-likeness (QED) is 0.749. The molecule has 1 fully saturated rings. The van der Waals surface area contributed by atoms with E-state index in [4.69, 9.17) is 14.7 Å². The molecule has 0 bridgehead atoms. The summed E-state index contributed by atoms with van der Waals surface area (Å²) in [4.78, 5) is 17.3. The van der Waals surface area contributed by atoms with Gasteiger partial charge in [0.1, 0.15) is 6.07 Å². The maximum absolute atomic E-state index is 12.3. The summed E-state index contributed by atoms with van der Waals surface area (Å²) in [7, 11) is 1.52. The molecule has 1 aliphatic heterocycles. The molecule has 0 atom stereocenters. The Kier molecular flexibility index (Phi) is 6.35.